The molecule has 6 heteroatoms. The summed E-state index contributed by atoms with van der Waals surface area (Å²) < 4.78 is 5.26. The molecule has 1 fully saturated rings. The maximum Gasteiger partial charge on any atom is 0.119 e. The zero-order valence-electron chi connectivity index (χ0n) is 15.8. The summed E-state index contributed by atoms with van der Waals surface area (Å²) in [6.07, 6.45) is 0.612. The number of aromatic hydroxyl groups is 1. The van der Waals surface area contributed by atoms with Gasteiger partial charge in [-0.2, -0.15) is 0 Å². The number of rotatable bonds is 5. The number of ether oxygens (including phenoxy) is 1. The molecule has 1 aliphatic heterocycles. The second-order valence-corrected chi connectivity index (χ2v) is 7.13. The summed E-state index contributed by atoms with van der Waals surface area (Å²) >= 11 is 0. The lowest BCUT2D eigenvalue weighted by atomic mass is 9.84. The first-order valence-corrected chi connectivity index (χ1v) is 8.98. The molecule has 0 amide bonds. The third kappa shape index (κ3) is 4.93. The van der Waals surface area contributed by atoms with Crippen molar-refractivity contribution in [1.82, 2.24) is 4.90 Å². The highest BCUT2D eigenvalue weighted by Gasteiger charge is 2.34. The number of phenolic OH excluding ortho intramolecular Hbond substituents is 1. The number of aliphatic hydroxyl groups excluding tert-OH is 1. The lowest BCUT2D eigenvalue weighted by Gasteiger charge is -2.39. The molecule has 3 N–H and O–H groups in total. The molecular formula is C21H28ClNO4. The van der Waals surface area contributed by atoms with Crippen LogP contribution in [0.2, 0.25) is 0 Å². The van der Waals surface area contributed by atoms with Crippen LogP contribution in [-0.4, -0.2) is 47.0 Å². The van der Waals surface area contributed by atoms with E-state index in [1.54, 1.807) is 19.2 Å². The van der Waals surface area contributed by atoms with Crippen LogP contribution < -0.4 is 4.74 Å². The van der Waals surface area contributed by atoms with E-state index in [0.717, 1.165) is 22.4 Å². The molecule has 0 aliphatic carbocycles. The molecule has 1 atom stereocenters. The fraction of sp³-hybridized carbons (Fsp3) is 0.429. The summed E-state index contributed by atoms with van der Waals surface area (Å²) in [4.78, 5) is 2.17. The molecule has 1 unspecified atom stereocenters. The molecule has 0 saturated carbocycles. The fourth-order valence-electron chi connectivity index (χ4n) is 3.54. The van der Waals surface area contributed by atoms with Gasteiger partial charge in [0, 0.05) is 19.6 Å². The lowest BCUT2D eigenvalue weighted by Crippen LogP contribution is -2.43. The first-order chi connectivity index (χ1) is 12.4. The molecule has 1 aliphatic rings. The van der Waals surface area contributed by atoms with Gasteiger partial charge in [0.15, 0.2) is 0 Å². The number of halogens is 1. The standard InChI is InChI=1S/C21H27NO4.ClH/c1-15-12-16(6-7-19(15)23)20(24)14-22-10-8-21(25,9-11-22)17-4-3-5-18(13-17)26-2;/h3-7,12-13,20,23-25H,8-11,14H2,1-2H3;1H. The maximum absolute atomic E-state index is 11.0. The summed E-state index contributed by atoms with van der Waals surface area (Å²) in [5.41, 5.74) is 1.58. The van der Waals surface area contributed by atoms with Crippen molar-refractivity contribution in [3.05, 3.63) is 59.2 Å². The molecule has 0 bridgehead atoms. The highest BCUT2D eigenvalue weighted by molar-refractivity contribution is 5.85. The largest absolute Gasteiger partial charge is 0.508 e. The third-order valence-corrected chi connectivity index (χ3v) is 5.33. The van der Waals surface area contributed by atoms with Gasteiger partial charge in [0.2, 0.25) is 0 Å². The number of nitrogens with zero attached hydrogens (tertiary/aromatic N) is 1. The molecule has 148 valence electrons. The van der Waals surface area contributed by atoms with E-state index in [4.69, 9.17) is 4.74 Å². The van der Waals surface area contributed by atoms with Gasteiger partial charge >= 0.3 is 0 Å². The molecule has 3 rings (SSSR count). The fourth-order valence-corrected chi connectivity index (χ4v) is 3.54. The van der Waals surface area contributed by atoms with Crippen molar-refractivity contribution in [3.63, 3.8) is 0 Å². The second-order valence-electron chi connectivity index (χ2n) is 7.13. The van der Waals surface area contributed by atoms with E-state index in [1.165, 1.54) is 0 Å². The van der Waals surface area contributed by atoms with Crippen LogP contribution in [0.1, 0.15) is 35.6 Å². The monoisotopic (exact) mass is 393 g/mol. The summed E-state index contributed by atoms with van der Waals surface area (Å²) in [5, 5.41) is 31.1. The molecule has 2 aromatic carbocycles. The third-order valence-electron chi connectivity index (χ3n) is 5.33. The summed E-state index contributed by atoms with van der Waals surface area (Å²) in [6, 6.07) is 12.8. The summed E-state index contributed by atoms with van der Waals surface area (Å²) in [6.45, 7) is 3.75. The average Bonchev–Trinajstić information content (AvgIpc) is 2.66. The highest BCUT2D eigenvalue weighted by atomic mass is 35.5. The number of hydrogen-bond acceptors (Lipinski definition) is 5. The number of piperidine rings is 1. The van der Waals surface area contributed by atoms with Gasteiger partial charge in [0.05, 0.1) is 18.8 Å². The average molecular weight is 394 g/mol. The van der Waals surface area contributed by atoms with Gasteiger partial charge in [-0.1, -0.05) is 18.2 Å². The molecule has 1 saturated heterocycles. The molecule has 5 nitrogen and oxygen atoms in total. The van der Waals surface area contributed by atoms with Crippen LogP contribution in [0.5, 0.6) is 11.5 Å². The van der Waals surface area contributed by atoms with Crippen LogP contribution in [-0.2, 0) is 5.60 Å². The van der Waals surface area contributed by atoms with Gasteiger partial charge < -0.3 is 25.0 Å². The second kappa shape index (κ2) is 8.93. The molecule has 0 spiro atoms. The molecule has 2 aromatic rings. The predicted molar refractivity (Wildman–Crippen MR) is 108 cm³/mol. The SMILES string of the molecule is COc1cccc(C2(O)CCN(CC(O)c3ccc(O)c(C)c3)CC2)c1.Cl. The van der Waals surface area contributed by atoms with Gasteiger partial charge in [-0.3, -0.25) is 0 Å². The van der Waals surface area contributed by atoms with Crippen molar-refractivity contribution in [2.24, 2.45) is 0 Å². The minimum absolute atomic E-state index is 0. The van der Waals surface area contributed by atoms with E-state index in [9.17, 15) is 15.3 Å². The van der Waals surface area contributed by atoms with Gasteiger partial charge in [-0.15, -0.1) is 12.4 Å². The van der Waals surface area contributed by atoms with Crippen LogP contribution in [0.15, 0.2) is 42.5 Å². The Morgan fingerprint density at radius 3 is 2.48 bits per heavy atom. The first-order valence-electron chi connectivity index (χ1n) is 8.98. The molecule has 0 radical (unpaired) electrons. The Labute approximate surface area is 166 Å². The Morgan fingerprint density at radius 1 is 1.15 bits per heavy atom. The van der Waals surface area contributed by atoms with Crippen molar-refractivity contribution in [2.75, 3.05) is 26.7 Å². The Kier molecular flexibility index (Phi) is 7.12. The van der Waals surface area contributed by atoms with Crippen LogP contribution >= 0.6 is 12.4 Å². The zero-order valence-corrected chi connectivity index (χ0v) is 16.6. The number of β-amino-alcohol motifs (C(OH)–C–C–N with tert-alkyl or cyclic N) is 1. The smallest absolute Gasteiger partial charge is 0.119 e. The van der Waals surface area contributed by atoms with Crippen molar-refractivity contribution < 1.29 is 20.1 Å². The van der Waals surface area contributed by atoms with Crippen molar-refractivity contribution >= 4 is 12.4 Å². The van der Waals surface area contributed by atoms with Crippen LogP contribution in [0.3, 0.4) is 0 Å². The number of hydrogen-bond donors (Lipinski definition) is 3. The first kappa shape index (κ1) is 21.5. The Bertz CT molecular complexity index is 760. The van der Waals surface area contributed by atoms with Crippen LogP contribution in [0.25, 0.3) is 0 Å². The van der Waals surface area contributed by atoms with E-state index in [2.05, 4.69) is 4.90 Å². The molecule has 27 heavy (non-hydrogen) atoms. The van der Waals surface area contributed by atoms with Crippen LogP contribution in [0, 0.1) is 6.92 Å². The predicted octanol–water partition coefficient (Wildman–Crippen LogP) is 3.15. The van der Waals surface area contributed by atoms with E-state index in [1.807, 2.05) is 37.3 Å². The number of phenols is 1. The number of aliphatic hydroxyl groups is 2. The van der Waals surface area contributed by atoms with Crippen molar-refractivity contribution in [2.45, 2.75) is 31.5 Å². The van der Waals surface area contributed by atoms with Gasteiger partial charge in [0.1, 0.15) is 11.5 Å². The Balaban J connectivity index is 0.00000261. The topological polar surface area (TPSA) is 73.2 Å². The van der Waals surface area contributed by atoms with E-state index >= 15 is 0 Å². The Morgan fingerprint density at radius 2 is 1.85 bits per heavy atom. The minimum atomic E-state index is -0.856. The van der Waals surface area contributed by atoms with E-state index in [-0.39, 0.29) is 18.2 Å². The lowest BCUT2D eigenvalue weighted by molar-refractivity contribution is -0.0345. The van der Waals surface area contributed by atoms with Crippen LogP contribution in [0.4, 0.5) is 0 Å². The van der Waals surface area contributed by atoms with Crippen molar-refractivity contribution in [1.29, 1.82) is 0 Å². The van der Waals surface area contributed by atoms with Gasteiger partial charge in [-0.25, -0.2) is 0 Å². The van der Waals surface area contributed by atoms with Gasteiger partial charge in [-0.05, 0) is 60.7 Å². The van der Waals surface area contributed by atoms with E-state index < -0.39 is 11.7 Å². The van der Waals surface area contributed by atoms with Gasteiger partial charge in [0.25, 0.3) is 0 Å². The highest BCUT2D eigenvalue weighted by Crippen LogP contribution is 2.35. The molecule has 1 heterocycles. The minimum Gasteiger partial charge on any atom is -0.508 e. The number of likely N-dealkylation sites (tertiary alicyclic amines) is 1. The van der Waals surface area contributed by atoms with E-state index in [0.29, 0.717) is 32.5 Å². The summed E-state index contributed by atoms with van der Waals surface area (Å²) in [5.74, 6) is 0.985. The number of aryl methyl sites for hydroxylation is 1. The maximum atomic E-state index is 11.0. The summed E-state index contributed by atoms with van der Waals surface area (Å²) in [7, 11) is 1.62. The van der Waals surface area contributed by atoms with Crippen molar-refractivity contribution in [3.8, 4) is 11.5 Å². The zero-order chi connectivity index (χ0) is 18.7. The normalized spacial score (nSPS) is 17.8. The number of methoxy groups -OCH3 is 1. The Hall–Kier alpha value is -1.79. The number of benzene rings is 2. The molecule has 0 aromatic heterocycles. The quantitative estimate of drug-likeness (QED) is 0.727. The molecular weight excluding hydrogens is 366 g/mol.